The zero-order valence-electron chi connectivity index (χ0n) is 12.6. The normalized spacial score (nSPS) is 12.5. The third kappa shape index (κ3) is 3.52. The SMILES string of the molecule is CCNC(c1csc(Br)c1)c1c(C)c(Br)cc(C)c1OC. The lowest BCUT2D eigenvalue weighted by Gasteiger charge is -2.24. The highest BCUT2D eigenvalue weighted by Gasteiger charge is 2.23. The molecule has 0 fully saturated rings. The minimum absolute atomic E-state index is 0.128. The summed E-state index contributed by atoms with van der Waals surface area (Å²) in [4.78, 5) is 0. The average molecular weight is 433 g/mol. The average Bonchev–Trinajstić information content (AvgIpc) is 2.87. The summed E-state index contributed by atoms with van der Waals surface area (Å²) in [6, 6.07) is 4.42. The molecule has 1 aromatic heterocycles. The molecule has 0 amide bonds. The standard InChI is InChI=1S/C16H19Br2NOS/c1-5-19-15(11-7-13(18)21-8-11)14-10(3)12(17)6-9(2)16(14)20-4/h6-8,15,19H,5H2,1-4H3. The zero-order valence-corrected chi connectivity index (χ0v) is 16.6. The van der Waals surface area contributed by atoms with E-state index in [1.165, 1.54) is 16.7 Å². The maximum absolute atomic E-state index is 5.70. The Kier molecular flexibility index (Phi) is 5.88. The van der Waals surface area contributed by atoms with Crippen molar-refractivity contribution in [3.8, 4) is 5.75 Å². The molecule has 0 aliphatic carbocycles. The molecule has 2 aromatic rings. The summed E-state index contributed by atoms with van der Waals surface area (Å²) in [5.41, 5.74) is 4.82. The molecule has 5 heteroatoms. The van der Waals surface area contributed by atoms with Gasteiger partial charge in [-0.1, -0.05) is 22.9 Å². The van der Waals surface area contributed by atoms with Crippen molar-refractivity contribution in [3.63, 3.8) is 0 Å². The van der Waals surface area contributed by atoms with Crippen LogP contribution in [0.4, 0.5) is 0 Å². The molecule has 1 N–H and O–H groups in total. The lowest BCUT2D eigenvalue weighted by molar-refractivity contribution is 0.400. The fraction of sp³-hybridized carbons (Fsp3) is 0.375. The van der Waals surface area contributed by atoms with Crippen molar-refractivity contribution in [2.24, 2.45) is 0 Å². The number of hydrogen-bond donors (Lipinski definition) is 1. The van der Waals surface area contributed by atoms with Gasteiger partial charge in [0.05, 0.1) is 16.9 Å². The van der Waals surface area contributed by atoms with Crippen LogP contribution < -0.4 is 10.1 Å². The highest BCUT2D eigenvalue weighted by atomic mass is 79.9. The number of halogens is 2. The molecule has 0 saturated carbocycles. The van der Waals surface area contributed by atoms with Crippen molar-refractivity contribution in [1.82, 2.24) is 5.32 Å². The fourth-order valence-electron chi connectivity index (χ4n) is 2.56. The number of benzene rings is 1. The molecule has 1 atom stereocenters. The van der Waals surface area contributed by atoms with E-state index >= 15 is 0 Å². The van der Waals surface area contributed by atoms with Gasteiger partial charge in [-0.2, -0.15) is 0 Å². The van der Waals surface area contributed by atoms with Crippen LogP contribution >= 0.6 is 43.2 Å². The Morgan fingerprint density at radius 3 is 2.52 bits per heavy atom. The van der Waals surface area contributed by atoms with Crippen LogP contribution in [0, 0.1) is 13.8 Å². The quantitative estimate of drug-likeness (QED) is 0.663. The maximum atomic E-state index is 5.70. The Morgan fingerprint density at radius 2 is 2.00 bits per heavy atom. The Labute approximate surface area is 147 Å². The van der Waals surface area contributed by atoms with Gasteiger partial charge >= 0.3 is 0 Å². The first kappa shape index (κ1) is 17.0. The van der Waals surface area contributed by atoms with E-state index in [1.807, 2.05) is 0 Å². The van der Waals surface area contributed by atoms with Crippen molar-refractivity contribution in [1.29, 1.82) is 0 Å². The van der Waals surface area contributed by atoms with Gasteiger partial charge in [-0.25, -0.2) is 0 Å². The van der Waals surface area contributed by atoms with E-state index in [0.29, 0.717) is 0 Å². The number of methoxy groups -OCH3 is 1. The van der Waals surface area contributed by atoms with E-state index in [0.717, 1.165) is 26.1 Å². The van der Waals surface area contributed by atoms with Crippen molar-refractivity contribution < 1.29 is 4.74 Å². The Balaban J connectivity index is 2.64. The molecule has 0 aliphatic heterocycles. The summed E-state index contributed by atoms with van der Waals surface area (Å²) >= 11 is 8.93. The van der Waals surface area contributed by atoms with Gasteiger partial charge in [0.25, 0.3) is 0 Å². The number of aryl methyl sites for hydroxylation is 1. The van der Waals surface area contributed by atoms with Crippen molar-refractivity contribution in [2.75, 3.05) is 13.7 Å². The minimum Gasteiger partial charge on any atom is -0.496 e. The lowest BCUT2D eigenvalue weighted by Crippen LogP contribution is -2.23. The molecule has 2 rings (SSSR count). The molecule has 114 valence electrons. The van der Waals surface area contributed by atoms with Crippen LogP contribution in [-0.4, -0.2) is 13.7 Å². The predicted molar refractivity (Wildman–Crippen MR) is 97.7 cm³/mol. The molecule has 21 heavy (non-hydrogen) atoms. The molecular formula is C16H19Br2NOS. The second kappa shape index (κ2) is 7.27. The van der Waals surface area contributed by atoms with Crippen molar-refractivity contribution in [3.05, 3.63) is 48.0 Å². The largest absolute Gasteiger partial charge is 0.496 e. The topological polar surface area (TPSA) is 21.3 Å². The number of rotatable bonds is 5. The minimum atomic E-state index is 0.128. The highest BCUT2D eigenvalue weighted by Crippen LogP contribution is 2.40. The number of hydrogen-bond acceptors (Lipinski definition) is 3. The summed E-state index contributed by atoms with van der Waals surface area (Å²) < 4.78 is 7.96. The van der Waals surface area contributed by atoms with E-state index < -0.39 is 0 Å². The first-order chi connectivity index (χ1) is 9.99. The van der Waals surface area contributed by atoms with Crippen LogP contribution in [0.2, 0.25) is 0 Å². The van der Waals surface area contributed by atoms with Crippen LogP contribution in [0.25, 0.3) is 0 Å². The molecule has 1 unspecified atom stereocenters. The Hall–Kier alpha value is -0.360. The molecule has 0 saturated heterocycles. The smallest absolute Gasteiger partial charge is 0.127 e. The maximum Gasteiger partial charge on any atom is 0.127 e. The van der Waals surface area contributed by atoms with Crippen LogP contribution in [-0.2, 0) is 0 Å². The van der Waals surface area contributed by atoms with Crippen LogP contribution in [0.15, 0.2) is 25.8 Å². The predicted octanol–water partition coefficient (Wildman–Crippen LogP) is 5.60. The lowest BCUT2D eigenvalue weighted by atomic mass is 9.93. The van der Waals surface area contributed by atoms with Gasteiger partial charge in [0.2, 0.25) is 0 Å². The van der Waals surface area contributed by atoms with E-state index in [2.05, 4.69) is 75.5 Å². The van der Waals surface area contributed by atoms with Crippen molar-refractivity contribution >= 4 is 43.2 Å². The molecule has 0 radical (unpaired) electrons. The summed E-state index contributed by atoms with van der Waals surface area (Å²) in [5, 5.41) is 5.77. The van der Waals surface area contributed by atoms with Gasteiger partial charge in [0.1, 0.15) is 5.75 Å². The molecule has 0 aliphatic rings. The molecular weight excluding hydrogens is 414 g/mol. The van der Waals surface area contributed by atoms with E-state index in [-0.39, 0.29) is 6.04 Å². The van der Waals surface area contributed by atoms with Crippen LogP contribution in [0.5, 0.6) is 5.75 Å². The third-order valence-electron chi connectivity index (χ3n) is 3.53. The number of nitrogens with one attached hydrogen (secondary N) is 1. The molecule has 2 nitrogen and oxygen atoms in total. The van der Waals surface area contributed by atoms with Gasteiger partial charge in [-0.15, -0.1) is 11.3 Å². The highest BCUT2D eigenvalue weighted by molar-refractivity contribution is 9.11. The number of thiophene rings is 1. The van der Waals surface area contributed by atoms with E-state index in [1.54, 1.807) is 18.4 Å². The molecule has 1 heterocycles. The monoisotopic (exact) mass is 431 g/mol. The van der Waals surface area contributed by atoms with Gasteiger partial charge in [0, 0.05) is 10.0 Å². The first-order valence-electron chi connectivity index (χ1n) is 6.80. The molecule has 0 bridgehead atoms. The summed E-state index contributed by atoms with van der Waals surface area (Å²) in [6.07, 6.45) is 0. The Bertz CT molecular complexity index is 639. The third-order valence-corrected chi connectivity index (χ3v) is 5.88. The van der Waals surface area contributed by atoms with Gasteiger partial charge in [0.15, 0.2) is 0 Å². The summed E-state index contributed by atoms with van der Waals surface area (Å²) in [5.74, 6) is 0.962. The fourth-order valence-corrected chi connectivity index (χ4v) is 4.32. The van der Waals surface area contributed by atoms with E-state index in [9.17, 15) is 0 Å². The van der Waals surface area contributed by atoms with Gasteiger partial charge < -0.3 is 10.1 Å². The second-order valence-corrected chi connectivity index (χ2v) is 8.07. The summed E-state index contributed by atoms with van der Waals surface area (Å²) in [7, 11) is 1.74. The van der Waals surface area contributed by atoms with Crippen molar-refractivity contribution in [2.45, 2.75) is 26.8 Å². The van der Waals surface area contributed by atoms with E-state index in [4.69, 9.17) is 4.74 Å². The number of ether oxygens (including phenoxy) is 1. The Morgan fingerprint density at radius 1 is 1.29 bits per heavy atom. The molecule has 1 aromatic carbocycles. The van der Waals surface area contributed by atoms with Gasteiger partial charge in [-0.3, -0.25) is 0 Å². The zero-order chi connectivity index (χ0) is 15.6. The first-order valence-corrected chi connectivity index (χ1v) is 9.27. The van der Waals surface area contributed by atoms with Crippen LogP contribution in [0.1, 0.15) is 35.2 Å². The summed E-state index contributed by atoms with van der Waals surface area (Å²) in [6.45, 7) is 7.24. The second-order valence-electron chi connectivity index (χ2n) is 4.92. The van der Waals surface area contributed by atoms with Crippen LogP contribution in [0.3, 0.4) is 0 Å². The molecule has 0 spiro atoms. The van der Waals surface area contributed by atoms with Gasteiger partial charge in [-0.05, 0) is 70.5 Å².